The zero-order valence-electron chi connectivity index (χ0n) is 11.1. The number of nitrogens with zero attached hydrogens (tertiary/aromatic N) is 1. The first-order valence-corrected chi connectivity index (χ1v) is 8.65. The second kappa shape index (κ2) is 6.88. The average molecular weight is 308 g/mol. The average Bonchev–Trinajstić information content (AvgIpc) is 2.45. The Labute approximate surface area is 123 Å². The van der Waals surface area contributed by atoms with Crippen molar-refractivity contribution in [2.24, 2.45) is 0 Å². The summed E-state index contributed by atoms with van der Waals surface area (Å²) in [5, 5.41) is 0.891. The molecule has 4 nitrogen and oxygen atoms in total. The van der Waals surface area contributed by atoms with Crippen LogP contribution in [0.4, 0.5) is 0 Å². The van der Waals surface area contributed by atoms with Gasteiger partial charge in [-0.3, -0.25) is 0 Å². The molecular formula is C14H16N2O2S2. The number of hydrogen-bond donors (Lipinski definition) is 1. The molecule has 1 N–H and O–H groups in total. The molecule has 0 fully saturated rings. The summed E-state index contributed by atoms with van der Waals surface area (Å²) in [4.78, 5) is 4.51. The van der Waals surface area contributed by atoms with Gasteiger partial charge >= 0.3 is 0 Å². The Morgan fingerprint density at radius 2 is 1.90 bits per heavy atom. The Morgan fingerprint density at radius 1 is 1.15 bits per heavy atom. The van der Waals surface area contributed by atoms with E-state index in [1.807, 2.05) is 24.3 Å². The summed E-state index contributed by atoms with van der Waals surface area (Å²) >= 11 is 1.52. The van der Waals surface area contributed by atoms with Crippen LogP contribution in [-0.4, -0.2) is 25.7 Å². The number of pyridine rings is 1. The minimum atomic E-state index is -3.43. The molecule has 0 aliphatic rings. The number of aromatic nitrogens is 1. The molecule has 1 aromatic carbocycles. The zero-order valence-corrected chi connectivity index (χ0v) is 12.7. The van der Waals surface area contributed by atoms with Crippen molar-refractivity contribution in [3.63, 3.8) is 0 Å². The van der Waals surface area contributed by atoms with Crippen LogP contribution in [0.2, 0.25) is 0 Å². The van der Waals surface area contributed by atoms with E-state index in [9.17, 15) is 8.42 Å². The summed E-state index contributed by atoms with van der Waals surface area (Å²) in [6.07, 6.45) is 1.72. The summed E-state index contributed by atoms with van der Waals surface area (Å²) in [5.74, 6) is 0.641. The summed E-state index contributed by atoms with van der Waals surface area (Å²) in [7, 11) is -3.43. The Hall–Kier alpha value is -1.37. The number of benzene rings is 1. The Kier molecular flexibility index (Phi) is 5.17. The highest BCUT2D eigenvalue weighted by Gasteiger charge is 2.15. The van der Waals surface area contributed by atoms with Gasteiger partial charge in [-0.1, -0.05) is 24.3 Å². The van der Waals surface area contributed by atoms with E-state index < -0.39 is 10.0 Å². The summed E-state index contributed by atoms with van der Waals surface area (Å²) in [5.41, 5.74) is 0.748. The number of sulfonamides is 1. The number of hydrogen-bond acceptors (Lipinski definition) is 4. The molecule has 0 bridgehead atoms. The first-order valence-electron chi connectivity index (χ1n) is 6.19. The van der Waals surface area contributed by atoms with Crippen LogP contribution in [0.5, 0.6) is 0 Å². The smallest absolute Gasteiger partial charge is 0.240 e. The number of aryl methyl sites for hydroxylation is 1. The van der Waals surface area contributed by atoms with Crippen LogP contribution in [-0.2, 0) is 10.0 Å². The van der Waals surface area contributed by atoms with Gasteiger partial charge in [-0.15, -0.1) is 11.8 Å². The van der Waals surface area contributed by atoms with E-state index in [-0.39, 0.29) is 0 Å². The SMILES string of the molecule is Cc1ccccc1S(=O)(=O)NCCSc1ccccn1. The van der Waals surface area contributed by atoms with Crippen molar-refractivity contribution in [1.29, 1.82) is 0 Å². The molecule has 6 heteroatoms. The second-order valence-corrected chi connectivity index (χ2v) is 7.03. The van der Waals surface area contributed by atoms with Crippen molar-refractivity contribution in [2.45, 2.75) is 16.8 Å². The van der Waals surface area contributed by atoms with Gasteiger partial charge in [0.15, 0.2) is 0 Å². The molecule has 1 heterocycles. The van der Waals surface area contributed by atoms with Crippen LogP contribution in [0.25, 0.3) is 0 Å². The molecule has 0 saturated carbocycles. The van der Waals surface area contributed by atoms with Gasteiger partial charge in [0.25, 0.3) is 0 Å². The topological polar surface area (TPSA) is 59.1 Å². The molecule has 1 aromatic heterocycles. The molecule has 0 spiro atoms. The molecule has 0 atom stereocenters. The predicted molar refractivity (Wildman–Crippen MR) is 81.3 cm³/mol. The van der Waals surface area contributed by atoms with Crippen molar-refractivity contribution in [3.05, 3.63) is 54.2 Å². The van der Waals surface area contributed by atoms with E-state index in [0.29, 0.717) is 17.2 Å². The fourth-order valence-electron chi connectivity index (χ4n) is 1.70. The molecular weight excluding hydrogens is 292 g/mol. The largest absolute Gasteiger partial charge is 0.250 e. The maximum absolute atomic E-state index is 12.1. The van der Waals surface area contributed by atoms with Crippen LogP contribution < -0.4 is 4.72 Å². The van der Waals surface area contributed by atoms with Gasteiger partial charge in [0.1, 0.15) is 0 Å². The van der Waals surface area contributed by atoms with E-state index in [4.69, 9.17) is 0 Å². The summed E-state index contributed by atoms with van der Waals surface area (Å²) in [6, 6.07) is 12.6. The molecule has 0 unspecified atom stereocenters. The quantitative estimate of drug-likeness (QED) is 0.658. The molecule has 0 aliphatic carbocycles. The van der Waals surface area contributed by atoms with E-state index in [0.717, 1.165) is 10.6 Å². The minimum absolute atomic E-state index is 0.336. The van der Waals surface area contributed by atoms with E-state index >= 15 is 0 Å². The van der Waals surface area contributed by atoms with Gasteiger partial charge in [0.05, 0.1) is 9.92 Å². The van der Waals surface area contributed by atoms with Gasteiger partial charge in [-0.2, -0.15) is 0 Å². The molecule has 0 amide bonds. The van der Waals surface area contributed by atoms with Crippen LogP contribution in [0.1, 0.15) is 5.56 Å². The van der Waals surface area contributed by atoms with E-state index in [1.54, 1.807) is 31.3 Å². The van der Waals surface area contributed by atoms with Crippen LogP contribution >= 0.6 is 11.8 Å². The second-order valence-electron chi connectivity index (χ2n) is 4.18. The molecule has 2 rings (SSSR count). The highest BCUT2D eigenvalue weighted by atomic mass is 32.2. The monoisotopic (exact) mass is 308 g/mol. The lowest BCUT2D eigenvalue weighted by molar-refractivity contribution is 0.583. The molecule has 106 valence electrons. The number of thioether (sulfide) groups is 1. The standard InChI is InChI=1S/C14H16N2O2S2/c1-12-6-2-3-7-13(12)20(17,18)16-10-11-19-14-8-4-5-9-15-14/h2-9,16H,10-11H2,1H3. The lowest BCUT2D eigenvalue weighted by Crippen LogP contribution is -2.26. The van der Waals surface area contributed by atoms with Crippen molar-refractivity contribution < 1.29 is 8.42 Å². The van der Waals surface area contributed by atoms with Gasteiger partial charge in [0.2, 0.25) is 10.0 Å². The van der Waals surface area contributed by atoms with Crippen molar-refractivity contribution >= 4 is 21.8 Å². The van der Waals surface area contributed by atoms with E-state index in [1.165, 1.54) is 11.8 Å². The maximum atomic E-state index is 12.1. The predicted octanol–water partition coefficient (Wildman–Crippen LogP) is 2.46. The Bertz CT molecular complexity index is 658. The maximum Gasteiger partial charge on any atom is 0.240 e. The molecule has 2 aromatic rings. The fraction of sp³-hybridized carbons (Fsp3) is 0.214. The molecule has 0 radical (unpaired) electrons. The number of rotatable bonds is 6. The van der Waals surface area contributed by atoms with E-state index in [2.05, 4.69) is 9.71 Å². The van der Waals surface area contributed by atoms with Crippen molar-refractivity contribution in [3.8, 4) is 0 Å². The summed E-state index contributed by atoms with van der Waals surface area (Å²) in [6.45, 7) is 2.16. The van der Waals surface area contributed by atoms with Gasteiger partial charge in [-0.25, -0.2) is 18.1 Å². The van der Waals surface area contributed by atoms with Gasteiger partial charge in [0, 0.05) is 18.5 Å². The summed E-state index contributed by atoms with van der Waals surface area (Å²) < 4.78 is 26.9. The lowest BCUT2D eigenvalue weighted by Gasteiger charge is -2.08. The third kappa shape index (κ3) is 4.06. The third-order valence-electron chi connectivity index (χ3n) is 2.66. The van der Waals surface area contributed by atoms with Crippen molar-refractivity contribution in [2.75, 3.05) is 12.3 Å². The normalized spacial score (nSPS) is 11.4. The Morgan fingerprint density at radius 3 is 2.60 bits per heavy atom. The fourth-order valence-corrected chi connectivity index (χ4v) is 3.83. The zero-order chi connectivity index (χ0) is 14.4. The third-order valence-corrected chi connectivity index (χ3v) is 5.23. The lowest BCUT2D eigenvalue weighted by atomic mass is 10.2. The number of nitrogens with one attached hydrogen (secondary N) is 1. The highest BCUT2D eigenvalue weighted by molar-refractivity contribution is 7.99. The highest BCUT2D eigenvalue weighted by Crippen LogP contribution is 2.15. The van der Waals surface area contributed by atoms with Gasteiger partial charge in [-0.05, 0) is 30.7 Å². The van der Waals surface area contributed by atoms with Crippen LogP contribution in [0, 0.1) is 6.92 Å². The first kappa shape index (κ1) is 15.0. The molecule has 0 saturated heterocycles. The van der Waals surface area contributed by atoms with Crippen LogP contribution in [0.15, 0.2) is 58.6 Å². The molecule has 20 heavy (non-hydrogen) atoms. The molecule has 0 aliphatic heterocycles. The first-order chi connectivity index (χ1) is 9.59. The van der Waals surface area contributed by atoms with Gasteiger partial charge < -0.3 is 0 Å². The minimum Gasteiger partial charge on any atom is -0.250 e. The van der Waals surface area contributed by atoms with Crippen LogP contribution in [0.3, 0.4) is 0 Å². The Balaban J connectivity index is 1.89. The van der Waals surface area contributed by atoms with Crippen molar-refractivity contribution in [1.82, 2.24) is 9.71 Å².